The van der Waals surface area contributed by atoms with Gasteiger partial charge in [0.05, 0.1) is 11.4 Å². The van der Waals surface area contributed by atoms with Crippen molar-refractivity contribution in [1.82, 2.24) is 9.78 Å². The minimum absolute atomic E-state index is 0.363. The van der Waals surface area contributed by atoms with Crippen molar-refractivity contribution in [1.29, 1.82) is 0 Å². The molecule has 0 aliphatic heterocycles. The van der Waals surface area contributed by atoms with Gasteiger partial charge in [-0.1, -0.05) is 60.7 Å². The third kappa shape index (κ3) is 3.53. The summed E-state index contributed by atoms with van der Waals surface area (Å²) in [6.07, 6.45) is 1.30. The molecule has 1 aromatic heterocycles. The molecule has 0 fully saturated rings. The summed E-state index contributed by atoms with van der Waals surface area (Å²) in [6, 6.07) is 20.0. The fraction of sp³-hybridized carbons (Fsp3) is 0.111. The van der Waals surface area contributed by atoms with Gasteiger partial charge in [0.2, 0.25) is 0 Å². The van der Waals surface area contributed by atoms with Crippen LogP contribution >= 0.6 is 0 Å². The lowest BCUT2D eigenvalue weighted by Crippen LogP contribution is -1.96. The lowest BCUT2D eigenvalue weighted by Gasteiger charge is -2.05. The van der Waals surface area contributed by atoms with Crippen LogP contribution in [0.2, 0.25) is 0 Å². The Labute approximate surface area is 135 Å². The molecule has 2 aromatic carbocycles. The number of carbonyl (C=O) groups is 1. The Morgan fingerprint density at radius 1 is 1.00 bits per heavy atom. The SMILES string of the molecule is Cn1nc(-c2ccccc2)c(CC=O)c1-c1ccccc1.NO. The van der Waals surface area contributed by atoms with Gasteiger partial charge in [-0.05, 0) is 0 Å². The molecule has 0 radical (unpaired) electrons. The third-order valence-corrected chi connectivity index (χ3v) is 3.53. The van der Waals surface area contributed by atoms with Crippen LogP contribution in [0, 0.1) is 0 Å². The molecule has 0 unspecified atom stereocenters. The number of rotatable bonds is 4. The lowest BCUT2D eigenvalue weighted by atomic mass is 10.00. The highest BCUT2D eigenvalue weighted by Gasteiger charge is 2.18. The van der Waals surface area contributed by atoms with Crippen LogP contribution in [-0.4, -0.2) is 21.3 Å². The minimum Gasteiger partial charge on any atom is -0.320 e. The number of hydrogen-bond donors (Lipinski definition) is 2. The number of nitrogens with zero attached hydrogens (tertiary/aromatic N) is 2. The highest BCUT2D eigenvalue weighted by molar-refractivity contribution is 5.78. The Kier molecular flexibility index (Phi) is 5.80. The standard InChI is InChI=1S/C18H16N2O.H3NO/c1-20-18(15-10-6-3-7-11-15)16(12-13-21)17(19-20)14-8-4-2-5-9-14;1-2/h2-11,13H,12H2,1H3;2H,1H2. The van der Waals surface area contributed by atoms with Gasteiger partial charge in [-0.2, -0.15) is 5.10 Å². The molecule has 23 heavy (non-hydrogen) atoms. The van der Waals surface area contributed by atoms with Gasteiger partial charge >= 0.3 is 0 Å². The number of aromatic nitrogens is 2. The average Bonchev–Trinajstić information content (AvgIpc) is 2.95. The summed E-state index contributed by atoms with van der Waals surface area (Å²) in [6.45, 7) is 0. The van der Waals surface area contributed by atoms with Crippen LogP contribution in [-0.2, 0) is 18.3 Å². The monoisotopic (exact) mass is 309 g/mol. The molecule has 118 valence electrons. The van der Waals surface area contributed by atoms with E-state index >= 15 is 0 Å². The van der Waals surface area contributed by atoms with E-state index in [-0.39, 0.29) is 0 Å². The lowest BCUT2D eigenvalue weighted by molar-refractivity contribution is -0.107. The predicted octanol–water partition coefficient (Wildman–Crippen LogP) is 2.83. The van der Waals surface area contributed by atoms with E-state index in [0.29, 0.717) is 6.42 Å². The molecule has 0 aliphatic rings. The molecule has 5 nitrogen and oxygen atoms in total. The zero-order chi connectivity index (χ0) is 16.7. The summed E-state index contributed by atoms with van der Waals surface area (Å²) < 4.78 is 1.86. The van der Waals surface area contributed by atoms with Crippen LogP contribution in [0.4, 0.5) is 0 Å². The first kappa shape index (κ1) is 16.6. The predicted molar refractivity (Wildman–Crippen MR) is 89.8 cm³/mol. The Hall–Kier alpha value is -2.76. The van der Waals surface area contributed by atoms with E-state index < -0.39 is 0 Å². The molecule has 5 heteroatoms. The first-order valence-corrected chi connectivity index (χ1v) is 7.17. The number of benzene rings is 2. The zero-order valence-corrected chi connectivity index (χ0v) is 12.9. The topological polar surface area (TPSA) is 81.1 Å². The molecule has 0 saturated carbocycles. The van der Waals surface area contributed by atoms with E-state index in [4.69, 9.17) is 5.21 Å². The molecule has 0 bridgehead atoms. The van der Waals surface area contributed by atoms with Crippen molar-refractivity contribution in [3.8, 4) is 22.5 Å². The van der Waals surface area contributed by atoms with E-state index in [1.54, 1.807) is 0 Å². The third-order valence-electron chi connectivity index (χ3n) is 3.53. The molecule has 3 rings (SSSR count). The van der Waals surface area contributed by atoms with Crippen molar-refractivity contribution in [2.45, 2.75) is 6.42 Å². The summed E-state index contributed by atoms with van der Waals surface area (Å²) in [4.78, 5) is 11.1. The maximum absolute atomic E-state index is 11.1. The quantitative estimate of drug-likeness (QED) is 0.573. The van der Waals surface area contributed by atoms with E-state index in [1.165, 1.54) is 0 Å². The Bertz CT molecular complexity index is 753. The first-order valence-electron chi connectivity index (χ1n) is 7.17. The maximum Gasteiger partial charge on any atom is 0.124 e. The molecule has 0 aliphatic carbocycles. The molecule has 3 aromatic rings. The van der Waals surface area contributed by atoms with Gasteiger partial charge in [0.1, 0.15) is 6.29 Å². The second-order valence-electron chi connectivity index (χ2n) is 4.90. The van der Waals surface area contributed by atoms with Crippen molar-refractivity contribution in [3.05, 3.63) is 66.2 Å². The van der Waals surface area contributed by atoms with Gasteiger partial charge in [0.15, 0.2) is 0 Å². The highest BCUT2D eigenvalue weighted by Crippen LogP contribution is 2.31. The normalized spacial score (nSPS) is 9.87. The van der Waals surface area contributed by atoms with Crippen molar-refractivity contribution in [2.75, 3.05) is 0 Å². The van der Waals surface area contributed by atoms with Crippen molar-refractivity contribution in [2.24, 2.45) is 12.9 Å². The largest absolute Gasteiger partial charge is 0.320 e. The molecular weight excluding hydrogens is 290 g/mol. The van der Waals surface area contributed by atoms with Crippen molar-refractivity contribution < 1.29 is 10.0 Å². The molecule has 0 amide bonds. The summed E-state index contributed by atoms with van der Waals surface area (Å²) in [7, 11) is 1.92. The summed E-state index contributed by atoms with van der Waals surface area (Å²) in [5.74, 6) is 3.50. The fourth-order valence-electron chi connectivity index (χ4n) is 2.63. The van der Waals surface area contributed by atoms with Crippen LogP contribution in [0.25, 0.3) is 22.5 Å². The van der Waals surface area contributed by atoms with Gasteiger partial charge in [0.25, 0.3) is 0 Å². The van der Waals surface area contributed by atoms with Gasteiger partial charge in [-0.15, -0.1) is 0 Å². The number of hydrogen-bond acceptors (Lipinski definition) is 4. The molecule has 3 N–H and O–H groups in total. The zero-order valence-electron chi connectivity index (χ0n) is 12.9. The molecule has 0 spiro atoms. The van der Waals surface area contributed by atoms with E-state index in [0.717, 1.165) is 34.4 Å². The highest BCUT2D eigenvalue weighted by atomic mass is 16.4. The van der Waals surface area contributed by atoms with Crippen LogP contribution in [0.1, 0.15) is 5.56 Å². The van der Waals surface area contributed by atoms with E-state index in [1.807, 2.05) is 72.4 Å². The smallest absolute Gasteiger partial charge is 0.124 e. The second-order valence-corrected chi connectivity index (χ2v) is 4.90. The Morgan fingerprint density at radius 2 is 1.52 bits per heavy atom. The van der Waals surface area contributed by atoms with Gasteiger partial charge in [-0.3, -0.25) is 4.68 Å². The van der Waals surface area contributed by atoms with Crippen LogP contribution in [0.15, 0.2) is 60.7 Å². The fourth-order valence-corrected chi connectivity index (χ4v) is 2.63. The first-order chi connectivity index (χ1) is 11.3. The van der Waals surface area contributed by atoms with Crippen LogP contribution in [0.5, 0.6) is 0 Å². The Morgan fingerprint density at radius 3 is 2.04 bits per heavy atom. The summed E-state index contributed by atoms with van der Waals surface area (Å²) >= 11 is 0. The minimum atomic E-state index is 0.363. The summed E-state index contributed by atoms with van der Waals surface area (Å²) in [5.41, 5.74) is 4.97. The summed E-state index contributed by atoms with van der Waals surface area (Å²) in [5, 5.41) is 11.1. The van der Waals surface area contributed by atoms with E-state index in [9.17, 15) is 4.79 Å². The maximum atomic E-state index is 11.1. The number of carbonyl (C=O) groups excluding carboxylic acids is 1. The molecule has 0 atom stereocenters. The van der Waals surface area contributed by atoms with Crippen LogP contribution in [0.3, 0.4) is 0 Å². The van der Waals surface area contributed by atoms with Crippen molar-refractivity contribution in [3.63, 3.8) is 0 Å². The number of aryl methyl sites for hydroxylation is 1. The molecule has 0 saturated heterocycles. The van der Waals surface area contributed by atoms with Crippen LogP contribution < -0.4 is 5.90 Å². The Balaban J connectivity index is 0.000000924. The van der Waals surface area contributed by atoms with Crippen molar-refractivity contribution >= 4 is 6.29 Å². The van der Waals surface area contributed by atoms with Gasteiger partial charge < -0.3 is 10.0 Å². The van der Waals surface area contributed by atoms with Gasteiger partial charge in [-0.25, -0.2) is 5.90 Å². The molecule has 1 heterocycles. The van der Waals surface area contributed by atoms with Gasteiger partial charge in [0, 0.05) is 30.2 Å². The average molecular weight is 309 g/mol. The number of aldehydes is 1. The molecular formula is C18H19N3O2. The van der Waals surface area contributed by atoms with E-state index in [2.05, 4.69) is 11.0 Å². The number of nitrogens with two attached hydrogens (primary N) is 1. The second kappa shape index (κ2) is 8.03.